The number of rotatable bonds is 8. The Morgan fingerprint density at radius 3 is 2.12 bits per heavy atom. The van der Waals surface area contributed by atoms with Crippen LogP contribution in [0, 0.1) is 0 Å². The number of carbonyl (C=O) groups excluding carboxylic acids is 1. The maximum absolute atomic E-state index is 13.1. The van der Waals surface area contributed by atoms with Gasteiger partial charge in [0, 0.05) is 0 Å². The van der Waals surface area contributed by atoms with Crippen molar-refractivity contribution in [2.75, 3.05) is 14.2 Å². The smallest absolute Gasteiger partial charge is 0.342 e. The number of para-hydroxylation sites is 1. The van der Waals surface area contributed by atoms with Crippen molar-refractivity contribution in [2.45, 2.75) is 29.5 Å². The number of carbonyl (C=O) groups is 1. The number of likely N-dealkylation sites (N-methyl/N-ethyl adjacent to an activating group) is 1. The maximum atomic E-state index is 13.1. The van der Waals surface area contributed by atoms with Crippen LogP contribution < -0.4 is 10.1 Å². The number of esters is 1. The van der Waals surface area contributed by atoms with Gasteiger partial charge < -0.3 is 9.47 Å². The van der Waals surface area contributed by atoms with E-state index in [0.29, 0.717) is 17.9 Å². The number of hydrogen-bond donors (Lipinski definition) is 1. The Kier molecular flexibility index (Phi) is 6.39. The summed E-state index contributed by atoms with van der Waals surface area (Å²) in [6.07, 6.45) is 0.588. The molecule has 2 aromatic carbocycles. The van der Waals surface area contributed by atoms with Gasteiger partial charge in [0.25, 0.3) is 0 Å². The highest BCUT2D eigenvalue weighted by atomic mass is 32.2. The van der Waals surface area contributed by atoms with Gasteiger partial charge in [-0.1, -0.05) is 31.5 Å². The fourth-order valence-corrected chi connectivity index (χ4v) is 4.68. The van der Waals surface area contributed by atoms with Crippen molar-refractivity contribution in [1.82, 2.24) is 5.32 Å². The van der Waals surface area contributed by atoms with Crippen LogP contribution in [0.15, 0.2) is 59.5 Å². The van der Waals surface area contributed by atoms with Crippen LogP contribution in [0.5, 0.6) is 11.5 Å². The highest BCUT2D eigenvalue weighted by Gasteiger charge is 2.50. The summed E-state index contributed by atoms with van der Waals surface area (Å²) in [4.78, 5) is 10.5. The van der Waals surface area contributed by atoms with Gasteiger partial charge in [-0.05, 0) is 49.9 Å². The molecule has 0 fully saturated rings. The molecule has 0 aliphatic rings. The first-order valence-corrected chi connectivity index (χ1v) is 9.74. The second-order valence-electron chi connectivity index (χ2n) is 5.71. The summed E-state index contributed by atoms with van der Waals surface area (Å²) < 4.78 is 36.7. The fraction of sp³-hybridized carbons (Fsp3) is 0.316. The van der Waals surface area contributed by atoms with Crippen LogP contribution in [0.25, 0.3) is 0 Å². The van der Waals surface area contributed by atoms with E-state index in [4.69, 9.17) is 9.47 Å². The number of hydrogen-bond acceptors (Lipinski definition) is 6. The number of ether oxygens (including phenoxy) is 2. The van der Waals surface area contributed by atoms with Crippen LogP contribution in [0.2, 0.25) is 0 Å². The summed E-state index contributed by atoms with van der Waals surface area (Å²) in [5.41, 5.74) is 0. The lowest BCUT2D eigenvalue weighted by Gasteiger charge is -2.30. The number of sulfone groups is 1. The zero-order valence-corrected chi connectivity index (χ0v) is 15.9. The molecule has 140 valence electrons. The zero-order chi connectivity index (χ0) is 19.2. The van der Waals surface area contributed by atoms with Crippen molar-refractivity contribution < 1.29 is 22.7 Å². The van der Waals surface area contributed by atoms with Gasteiger partial charge in [0.2, 0.25) is 14.7 Å². The minimum absolute atomic E-state index is 0.0195. The first-order chi connectivity index (χ1) is 12.4. The summed E-state index contributed by atoms with van der Waals surface area (Å²) in [6, 6.07) is 15.1. The van der Waals surface area contributed by atoms with Crippen molar-refractivity contribution >= 4 is 15.8 Å². The predicted octanol–water partition coefficient (Wildman–Crippen LogP) is 3.14. The van der Waals surface area contributed by atoms with E-state index in [2.05, 4.69) is 5.32 Å². The molecule has 0 spiro atoms. The van der Waals surface area contributed by atoms with E-state index in [9.17, 15) is 13.2 Å². The minimum atomic E-state index is -4.02. The highest BCUT2D eigenvalue weighted by Crippen LogP contribution is 2.31. The molecule has 26 heavy (non-hydrogen) atoms. The lowest BCUT2D eigenvalue weighted by atomic mass is 10.1. The zero-order valence-electron chi connectivity index (χ0n) is 15.1. The van der Waals surface area contributed by atoms with E-state index < -0.39 is 20.7 Å². The van der Waals surface area contributed by atoms with Gasteiger partial charge in [-0.25, -0.2) is 13.2 Å². The molecule has 1 atom stereocenters. The van der Waals surface area contributed by atoms with E-state index in [1.165, 1.54) is 26.3 Å². The molecule has 0 heterocycles. The van der Waals surface area contributed by atoms with Crippen molar-refractivity contribution in [3.05, 3.63) is 54.6 Å². The molecule has 1 N–H and O–H groups in total. The molecule has 0 radical (unpaired) electrons. The Balaban J connectivity index is 2.37. The number of benzene rings is 2. The SMILES string of the molecule is CCCC(NC)(C(=O)OC)S(=O)(=O)c1ccc(Oc2ccccc2)cc1. The Labute approximate surface area is 154 Å². The normalized spacial score (nSPS) is 13.7. The van der Waals surface area contributed by atoms with Crippen molar-refractivity contribution in [3.63, 3.8) is 0 Å². The molecule has 6 nitrogen and oxygen atoms in total. The second-order valence-corrected chi connectivity index (χ2v) is 7.88. The lowest BCUT2D eigenvalue weighted by Crippen LogP contribution is -2.57. The molecule has 0 bridgehead atoms. The predicted molar refractivity (Wildman–Crippen MR) is 98.9 cm³/mol. The molecule has 2 rings (SSSR count). The van der Waals surface area contributed by atoms with Gasteiger partial charge in [-0.2, -0.15) is 0 Å². The average Bonchev–Trinajstić information content (AvgIpc) is 2.66. The third-order valence-electron chi connectivity index (χ3n) is 4.09. The maximum Gasteiger partial charge on any atom is 0.342 e. The van der Waals surface area contributed by atoms with E-state index >= 15 is 0 Å². The van der Waals surface area contributed by atoms with Crippen LogP contribution in [0.1, 0.15) is 19.8 Å². The first kappa shape index (κ1) is 19.9. The first-order valence-electron chi connectivity index (χ1n) is 8.26. The van der Waals surface area contributed by atoms with E-state index in [-0.39, 0.29) is 11.3 Å². The summed E-state index contributed by atoms with van der Waals surface area (Å²) in [7, 11) is -1.40. The van der Waals surface area contributed by atoms with Gasteiger partial charge in [-0.3, -0.25) is 5.32 Å². The average molecular weight is 377 g/mol. The standard InChI is InChI=1S/C19H23NO5S/c1-4-14-19(20-2,18(21)24-3)26(22,23)17-12-10-16(11-13-17)25-15-8-6-5-7-9-15/h5-13,20H,4,14H2,1-3H3. The quantitative estimate of drug-likeness (QED) is 0.712. The van der Waals surface area contributed by atoms with E-state index in [0.717, 1.165) is 0 Å². The van der Waals surface area contributed by atoms with Crippen LogP contribution in [-0.4, -0.2) is 33.4 Å². The molecular weight excluding hydrogens is 354 g/mol. The second kappa shape index (κ2) is 8.33. The van der Waals surface area contributed by atoms with E-state index in [1.807, 2.05) is 18.2 Å². The Bertz CT molecular complexity index is 834. The minimum Gasteiger partial charge on any atom is -0.467 e. The summed E-state index contributed by atoms with van der Waals surface area (Å²) in [5.74, 6) is 0.318. The third-order valence-corrected chi connectivity index (χ3v) is 6.48. The Hall–Kier alpha value is -2.38. The molecule has 7 heteroatoms. The van der Waals surface area contributed by atoms with Gasteiger partial charge in [-0.15, -0.1) is 0 Å². The van der Waals surface area contributed by atoms with Crippen LogP contribution in [0.3, 0.4) is 0 Å². The van der Waals surface area contributed by atoms with Gasteiger partial charge in [0.15, 0.2) is 0 Å². The van der Waals surface area contributed by atoms with Gasteiger partial charge in [0.1, 0.15) is 11.5 Å². The van der Waals surface area contributed by atoms with Crippen LogP contribution in [-0.2, 0) is 19.4 Å². The fourth-order valence-electron chi connectivity index (χ4n) is 2.74. The van der Waals surface area contributed by atoms with Crippen molar-refractivity contribution in [2.24, 2.45) is 0 Å². The van der Waals surface area contributed by atoms with Crippen molar-refractivity contribution in [1.29, 1.82) is 0 Å². The van der Waals surface area contributed by atoms with Crippen LogP contribution >= 0.6 is 0 Å². The molecule has 2 aromatic rings. The molecule has 0 amide bonds. The molecule has 0 saturated heterocycles. The summed E-state index contributed by atoms with van der Waals surface area (Å²) in [6.45, 7) is 1.81. The summed E-state index contributed by atoms with van der Waals surface area (Å²) in [5, 5.41) is 2.67. The van der Waals surface area contributed by atoms with E-state index in [1.54, 1.807) is 31.2 Å². The van der Waals surface area contributed by atoms with Crippen molar-refractivity contribution in [3.8, 4) is 11.5 Å². The Morgan fingerprint density at radius 1 is 1.04 bits per heavy atom. The van der Waals surface area contributed by atoms with Gasteiger partial charge >= 0.3 is 5.97 Å². The molecule has 0 aliphatic carbocycles. The molecule has 1 unspecified atom stereocenters. The summed E-state index contributed by atoms with van der Waals surface area (Å²) >= 11 is 0. The lowest BCUT2D eigenvalue weighted by molar-refractivity contribution is -0.144. The monoisotopic (exact) mass is 377 g/mol. The molecule has 0 aromatic heterocycles. The number of nitrogens with one attached hydrogen (secondary N) is 1. The molecule has 0 saturated carbocycles. The Morgan fingerprint density at radius 2 is 1.62 bits per heavy atom. The molecular formula is C19H23NO5S. The van der Waals surface area contributed by atoms with Crippen LogP contribution in [0.4, 0.5) is 0 Å². The third kappa shape index (κ3) is 3.73. The largest absolute Gasteiger partial charge is 0.467 e. The molecule has 0 aliphatic heterocycles. The number of methoxy groups -OCH3 is 1. The van der Waals surface area contributed by atoms with Gasteiger partial charge in [0.05, 0.1) is 12.0 Å². The highest BCUT2D eigenvalue weighted by molar-refractivity contribution is 7.93. The topological polar surface area (TPSA) is 81.7 Å².